The second-order valence-electron chi connectivity index (χ2n) is 4.74. The van der Waals surface area contributed by atoms with E-state index in [2.05, 4.69) is 10.1 Å². The fourth-order valence-electron chi connectivity index (χ4n) is 1.95. The Bertz CT molecular complexity index is 649. The molecule has 0 fully saturated rings. The number of esters is 1. The van der Waals surface area contributed by atoms with Crippen LogP contribution < -0.4 is 5.73 Å². The first-order valence-corrected chi connectivity index (χ1v) is 6.45. The van der Waals surface area contributed by atoms with Gasteiger partial charge in [0.1, 0.15) is 5.56 Å². The van der Waals surface area contributed by atoms with E-state index in [1.807, 2.05) is 19.9 Å². The van der Waals surface area contributed by atoms with Gasteiger partial charge >= 0.3 is 5.97 Å². The summed E-state index contributed by atoms with van der Waals surface area (Å²) in [6.45, 7) is 3.41. The zero-order chi connectivity index (χ0) is 15.4. The standard InChI is InChI=1S/C14H16N4O3/c1-9(2)13-10(14(20)21-8-11(15)19)7-17-18(13)12-5-3-4-6-16-12/h3-7,9H,8H2,1-2H3,(H2,15,19). The number of rotatable bonds is 5. The van der Waals surface area contributed by atoms with Crippen LogP contribution in [0.1, 0.15) is 35.8 Å². The van der Waals surface area contributed by atoms with Gasteiger partial charge in [-0.25, -0.2) is 14.5 Å². The summed E-state index contributed by atoms with van der Waals surface area (Å²) in [6.07, 6.45) is 3.06. The highest BCUT2D eigenvalue weighted by atomic mass is 16.5. The van der Waals surface area contributed by atoms with Crippen LogP contribution in [-0.2, 0) is 9.53 Å². The van der Waals surface area contributed by atoms with E-state index in [1.165, 1.54) is 6.20 Å². The number of primary amides is 1. The van der Waals surface area contributed by atoms with Crippen LogP contribution in [0.2, 0.25) is 0 Å². The van der Waals surface area contributed by atoms with Crippen molar-refractivity contribution in [2.75, 3.05) is 6.61 Å². The molecule has 0 radical (unpaired) electrons. The molecule has 0 saturated carbocycles. The molecule has 2 aromatic heterocycles. The number of hydrogen-bond acceptors (Lipinski definition) is 5. The number of amides is 1. The maximum absolute atomic E-state index is 12.0. The number of carbonyl (C=O) groups is 2. The summed E-state index contributed by atoms with van der Waals surface area (Å²) in [7, 11) is 0. The van der Waals surface area contributed by atoms with Crippen LogP contribution in [-0.4, -0.2) is 33.2 Å². The van der Waals surface area contributed by atoms with Gasteiger partial charge in [-0.3, -0.25) is 4.79 Å². The van der Waals surface area contributed by atoms with Gasteiger partial charge in [-0.05, 0) is 18.1 Å². The number of nitrogens with zero attached hydrogens (tertiary/aromatic N) is 3. The molecule has 0 bridgehead atoms. The highest BCUT2D eigenvalue weighted by Gasteiger charge is 2.22. The van der Waals surface area contributed by atoms with Gasteiger partial charge in [-0.1, -0.05) is 19.9 Å². The zero-order valence-electron chi connectivity index (χ0n) is 11.8. The van der Waals surface area contributed by atoms with Crippen molar-refractivity contribution in [3.63, 3.8) is 0 Å². The lowest BCUT2D eigenvalue weighted by Crippen LogP contribution is -2.21. The SMILES string of the molecule is CC(C)c1c(C(=O)OCC(N)=O)cnn1-c1ccccn1. The Morgan fingerprint density at radius 2 is 2.14 bits per heavy atom. The molecule has 21 heavy (non-hydrogen) atoms. The number of nitrogens with two attached hydrogens (primary N) is 1. The van der Waals surface area contributed by atoms with Crippen LogP contribution in [0.15, 0.2) is 30.6 Å². The van der Waals surface area contributed by atoms with E-state index in [0.29, 0.717) is 17.1 Å². The molecule has 2 rings (SSSR count). The summed E-state index contributed by atoms with van der Waals surface area (Å²) in [5.74, 6) is -0.702. The van der Waals surface area contributed by atoms with E-state index in [9.17, 15) is 9.59 Å². The Balaban J connectivity index is 2.38. The van der Waals surface area contributed by atoms with Gasteiger partial charge in [0.15, 0.2) is 12.4 Å². The minimum absolute atomic E-state index is 0.0191. The first kappa shape index (κ1) is 14.7. The number of carbonyl (C=O) groups excluding carboxylic acids is 2. The maximum Gasteiger partial charge on any atom is 0.342 e. The fraction of sp³-hybridized carbons (Fsp3) is 0.286. The fourth-order valence-corrected chi connectivity index (χ4v) is 1.95. The molecule has 1 amide bonds. The molecule has 0 aliphatic carbocycles. The van der Waals surface area contributed by atoms with Crippen molar-refractivity contribution in [1.82, 2.24) is 14.8 Å². The third kappa shape index (κ3) is 3.25. The van der Waals surface area contributed by atoms with Crippen LogP contribution in [0, 0.1) is 0 Å². The van der Waals surface area contributed by atoms with Gasteiger partial charge in [0.25, 0.3) is 5.91 Å². The molecule has 2 N–H and O–H groups in total. The van der Waals surface area contributed by atoms with Gasteiger partial charge in [-0.15, -0.1) is 0 Å². The molecule has 2 heterocycles. The Kier molecular flexibility index (Phi) is 4.32. The normalized spacial score (nSPS) is 10.6. The van der Waals surface area contributed by atoms with Crippen molar-refractivity contribution in [1.29, 1.82) is 0 Å². The third-order valence-corrected chi connectivity index (χ3v) is 2.79. The largest absolute Gasteiger partial charge is 0.452 e. The lowest BCUT2D eigenvalue weighted by atomic mass is 10.1. The monoisotopic (exact) mass is 288 g/mol. The number of pyridine rings is 1. The molecule has 2 aromatic rings. The van der Waals surface area contributed by atoms with Crippen LogP contribution in [0.3, 0.4) is 0 Å². The number of ether oxygens (including phenoxy) is 1. The lowest BCUT2D eigenvalue weighted by molar-refractivity contribution is -0.121. The molecule has 0 spiro atoms. The number of hydrogen-bond donors (Lipinski definition) is 1. The minimum Gasteiger partial charge on any atom is -0.452 e. The quantitative estimate of drug-likeness (QED) is 0.828. The molecule has 0 aliphatic rings. The molecule has 110 valence electrons. The topological polar surface area (TPSA) is 100 Å². The van der Waals surface area contributed by atoms with E-state index in [4.69, 9.17) is 10.5 Å². The summed E-state index contributed by atoms with van der Waals surface area (Å²) < 4.78 is 6.43. The average Bonchev–Trinajstić information content (AvgIpc) is 2.90. The molecule has 0 saturated heterocycles. The molecule has 0 unspecified atom stereocenters. The highest BCUT2D eigenvalue weighted by molar-refractivity contribution is 5.92. The van der Waals surface area contributed by atoms with Gasteiger partial charge in [0.2, 0.25) is 0 Å². The van der Waals surface area contributed by atoms with Gasteiger partial charge in [-0.2, -0.15) is 5.10 Å². The maximum atomic E-state index is 12.0. The molecule has 0 aliphatic heterocycles. The molecular weight excluding hydrogens is 272 g/mol. The second-order valence-corrected chi connectivity index (χ2v) is 4.74. The smallest absolute Gasteiger partial charge is 0.342 e. The lowest BCUT2D eigenvalue weighted by Gasteiger charge is -2.11. The van der Waals surface area contributed by atoms with Crippen LogP contribution in [0.5, 0.6) is 0 Å². The van der Waals surface area contributed by atoms with Gasteiger partial charge < -0.3 is 10.5 Å². The van der Waals surface area contributed by atoms with E-state index in [0.717, 1.165) is 0 Å². The molecule has 7 nitrogen and oxygen atoms in total. The van der Waals surface area contributed by atoms with Gasteiger partial charge in [0, 0.05) is 6.20 Å². The Hall–Kier alpha value is -2.70. The predicted octanol–water partition coefficient (Wildman–Crippen LogP) is 1.03. The van der Waals surface area contributed by atoms with E-state index in [1.54, 1.807) is 23.0 Å². The first-order valence-electron chi connectivity index (χ1n) is 6.45. The van der Waals surface area contributed by atoms with Crippen molar-refractivity contribution in [2.45, 2.75) is 19.8 Å². The average molecular weight is 288 g/mol. The third-order valence-electron chi connectivity index (χ3n) is 2.79. The van der Waals surface area contributed by atoms with Crippen molar-refractivity contribution in [3.05, 3.63) is 41.9 Å². The summed E-state index contributed by atoms with van der Waals surface area (Å²) in [5, 5.41) is 4.19. The van der Waals surface area contributed by atoms with E-state index < -0.39 is 18.5 Å². The first-order chi connectivity index (χ1) is 10.0. The summed E-state index contributed by atoms with van der Waals surface area (Å²) >= 11 is 0. The summed E-state index contributed by atoms with van der Waals surface area (Å²) in [5.41, 5.74) is 5.94. The number of aromatic nitrogens is 3. The zero-order valence-corrected chi connectivity index (χ0v) is 11.8. The molecule has 7 heteroatoms. The van der Waals surface area contributed by atoms with Crippen LogP contribution in [0.4, 0.5) is 0 Å². The van der Waals surface area contributed by atoms with Crippen LogP contribution in [0.25, 0.3) is 5.82 Å². The summed E-state index contributed by atoms with van der Waals surface area (Å²) in [4.78, 5) is 26.9. The van der Waals surface area contributed by atoms with Crippen molar-refractivity contribution in [2.24, 2.45) is 5.73 Å². The van der Waals surface area contributed by atoms with E-state index in [-0.39, 0.29) is 5.92 Å². The second kappa shape index (κ2) is 6.17. The molecular formula is C14H16N4O3. The molecule has 0 atom stereocenters. The predicted molar refractivity (Wildman–Crippen MR) is 74.9 cm³/mol. The van der Waals surface area contributed by atoms with Gasteiger partial charge in [0.05, 0.1) is 11.9 Å². The van der Waals surface area contributed by atoms with Crippen molar-refractivity contribution < 1.29 is 14.3 Å². The Labute approximate surface area is 121 Å². The molecule has 0 aromatic carbocycles. The van der Waals surface area contributed by atoms with Crippen molar-refractivity contribution >= 4 is 11.9 Å². The summed E-state index contributed by atoms with van der Waals surface area (Å²) in [6, 6.07) is 5.42. The Morgan fingerprint density at radius 3 is 2.71 bits per heavy atom. The van der Waals surface area contributed by atoms with Crippen LogP contribution >= 0.6 is 0 Å². The Morgan fingerprint density at radius 1 is 1.38 bits per heavy atom. The minimum atomic E-state index is -0.702. The highest BCUT2D eigenvalue weighted by Crippen LogP contribution is 2.22. The van der Waals surface area contributed by atoms with E-state index >= 15 is 0 Å². The van der Waals surface area contributed by atoms with Crippen molar-refractivity contribution in [3.8, 4) is 5.82 Å².